The van der Waals surface area contributed by atoms with Crippen molar-refractivity contribution in [2.45, 2.75) is 0 Å². The molecule has 3 aromatic carbocycles. The van der Waals surface area contributed by atoms with Crippen LogP contribution in [0, 0.1) is 0 Å². The molecule has 0 spiro atoms. The molecule has 1 N–H and O–H groups in total. The Bertz CT molecular complexity index is 1270. The van der Waals surface area contributed by atoms with E-state index in [0.717, 1.165) is 5.39 Å². The second kappa shape index (κ2) is 9.78. The summed E-state index contributed by atoms with van der Waals surface area (Å²) in [6.45, 7) is 0. The topological polar surface area (TPSA) is 88.1 Å². The summed E-state index contributed by atoms with van der Waals surface area (Å²) in [5, 5.41) is 3.45. The van der Waals surface area contributed by atoms with Crippen LogP contribution in [0.5, 0.6) is 34.5 Å². The van der Waals surface area contributed by atoms with E-state index in [9.17, 15) is 4.79 Å². The Hall–Kier alpha value is -4.46. The number of anilines is 1. The van der Waals surface area contributed by atoms with Crippen molar-refractivity contribution in [3.63, 3.8) is 0 Å². The second-order valence-corrected chi connectivity index (χ2v) is 6.83. The van der Waals surface area contributed by atoms with Crippen LogP contribution >= 0.6 is 0 Å². The van der Waals surface area contributed by atoms with Crippen LogP contribution in [0.25, 0.3) is 10.9 Å². The van der Waals surface area contributed by atoms with Gasteiger partial charge in [-0.2, -0.15) is 0 Å². The summed E-state index contributed by atoms with van der Waals surface area (Å²) < 4.78 is 27.3. The molecule has 0 bridgehead atoms. The van der Waals surface area contributed by atoms with E-state index >= 15 is 0 Å². The molecule has 0 radical (unpaired) electrons. The van der Waals surface area contributed by atoms with Gasteiger partial charge in [-0.3, -0.25) is 10.3 Å². The lowest BCUT2D eigenvalue weighted by atomic mass is 10.2. The fourth-order valence-electron chi connectivity index (χ4n) is 3.22. The van der Waals surface area contributed by atoms with Crippen LogP contribution in [0.2, 0.25) is 0 Å². The first kappa shape index (κ1) is 21.8. The number of hydrogen-bond donors (Lipinski definition) is 1. The number of nitrogens with one attached hydrogen (secondary N) is 1. The van der Waals surface area contributed by atoms with Crippen LogP contribution in [-0.2, 0) is 0 Å². The maximum absolute atomic E-state index is 12.2. The van der Waals surface area contributed by atoms with Crippen LogP contribution in [0.3, 0.4) is 0 Å². The van der Waals surface area contributed by atoms with Gasteiger partial charge in [0.25, 0.3) is 0 Å². The van der Waals surface area contributed by atoms with Gasteiger partial charge in [0.1, 0.15) is 11.5 Å². The Balaban J connectivity index is 1.48. The quantitative estimate of drug-likeness (QED) is 0.392. The van der Waals surface area contributed by atoms with Crippen LogP contribution in [0.1, 0.15) is 0 Å². The SMILES string of the molecule is COc1cc2nccc(Oc3ccc(NC(=O)Oc4ccccc4OC)cc3)c2cc1OC. The van der Waals surface area contributed by atoms with E-state index in [0.29, 0.717) is 45.7 Å². The van der Waals surface area contributed by atoms with Gasteiger partial charge in [-0.25, -0.2) is 4.79 Å². The van der Waals surface area contributed by atoms with E-state index in [4.69, 9.17) is 23.7 Å². The number of fused-ring (bicyclic) bond motifs is 1. The largest absolute Gasteiger partial charge is 0.493 e. The molecule has 0 fully saturated rings. The zero-order valence-corrected chi connectivity index (χ0v) is 18.3. The van der Waals surface area contributed by atoms with Crippen molar-refractivity contribution in [1.82, 2.24) is 4.98 Å². The van der Waals surface area contributed by atoms with Gasteiger partial charge in [0, 0.05) is 23.3 Å². The van der Waals surface area contributed by atoms with Crippen LogP contribution in [0.15, 0.2) is 72.9 Å². The van der Waals surface area contributed by atoms with E-state index < -0.39 is 6.09 Å². The fourth-order valence-corrected chi connectivity index (χ4v) is 3.22. The molecule has 0 saturated heterocycles. The third kappa shape index (κ3) is 4.90. The molecule has 0 atom stereocenters. The van der Waals surface area contributed by atoms with Crippen molar-refractivity contribution in [2.24, 2.45) is 0 Å². The number of carbonyl (C=O) groups is 1. The highest BCUT2D eigenvalue weighted by molar-refractivity contribution is 5.89. The van der Waals surface area contributed by atoms with Crippen molar-refractivity contribution < 1.29 is 28.5 Å². The lowest BCUT2D eigenvalue weighted by molar-refractivity contribution is 0.213. The highest BCUT2D eigenvalue weighted by Gasteiger charge is 2.12. The predicted molar refractivity (Wildman–Crippen MR) is 124 cm³/mol. The van der Waals surface area contributed by atoms with E-state index in [-0.39, 0.29) is 0 Å². The average Bonchev–Trinajstić information content (AvgIpc) is 2.84. The number of amides is 1. The van der Waals surface area contributed by atoms with Gasteiger partial charge in [0.05, 0.1) is 26.8 Å². The highest BCUT2D eigenvalue weighted by Crippen LogP contribution is 2.37. The number of pyridine rings is 1. The summed E-state index contributed by atoms with van der Waals surface area (Å²) in [5.41, 5.74) is 1.26. The predicted octanol–water partition coefficient (Wildman–Crippen LogP) is 5.66. The highest BCUT2D eigenvalue weighted by atomic mass is 16.6. The van der Waals surface area contributed by atoms with Crippen LogP contribution in [0.4, 0.5) is 10.5 Å². The number of para-hydroxylation sites is 2. The summed E-state index contributed by atoms with van der Waals surface area (Å²) in [6.07, 6.45) is 1.03. The summed E-state index contributed by atoms with van der Waals surface area (Å²) in [4.78, 5) is 16.6. The minimum absolute atomic E-state index is 0.328. The lowest BCUT2D eigenvalue weighted by Crippen LogP contribution is -2.17. The number of rotatable bonds is 7. The number of benzene rings is 3. The zero-order valence-electron chi connectivity index (χ0n) is 18.3. The number of aromatic nitrogens is 1. The summed E-state index contributed by atoms with van der Waals surface area (Å²) in [5.74, 6) is 3.16. The number of methoxy groups -OCH3 is 3. The molecule has 4 rings (SSSR count). The average molecular weight is 446 g/mol. The zero-order chi connectivity index (χ0) is 23.2. The number of ether oxygens (including phenoxy) is 5. The molecular weight excluding hydrogens is 424 g/mol. The van der Waals surface area contributed by atoms with E-state index in [1.54, 1.807) is 81.1 Å². The monoisotopic (exact) mass is 446 g/mol. The molecule has 0 saturated carbocycles. The molecule has 33 heavy (non-hydrogen) atoms. The van der Waals surface area contributed by atoms with E-state index in [1.165, 1.54) is 7.11 Å². The molecule has 168 valence electrons. The number of nitrogens with zero attached hydrogens (tertiary/aromatic N) is 1. The number of carbonyl (C=O) groups excluding carboxylic acids is 1. The third-order valence-corrected chi connectivity index (χ3v) is 4.81. The van der Waals surface area contributed by atoms with E-state index in [1.807, 2.05) is 6.07 Å². The molecule has 1 aromatic heterocycles. The smallest absolute Gasteiger partial charge is 0.417 e. The van der Waals surface area contributed by atoms with E-state index in [2.05, 4.69) is 10.3 Å². The molecule has 1 amide bonds. The van der Waals surface area contributed by atoms with Crippen molar-refractivity contribution in [3.8, 4) is 34.5 Å². The Morgan fingerprint density at radius 1 is 0.758 bits per heavy atom. The Labute approximate surface area is 190 Å². The molecular formula is C25H22N2O6. The molecule has 1 heterocycles. The van der Waals surface area contributed by atoms with Gasteiger partial charge < -0.3 is 23.7 Å². The van der Waals surface area contributed by atoms with Crippen molar-refractivity contribution >= 4 is 22.7 Å². The molecule has 8 nitrogen and oxygen atoms in total. The van der Waals surface area contributed by atoms with Crippen LogP contribution < -0.4 is 29.0 Å². The first-order valence-corrected chi connectivity index (χ1v) is 10.0. The minimum Gasteiger partial charge on any atom is -0.493 e. The number of hydrogen-bond acceptors (Lipinski definition) is 7. The van der Waals surface area contributed by atoms with Gasteiger partial charge >= 0.3 is 6.09 Å². The van der Waals surface area contributed by atoms with Crippen molar-refractivity contribution in [1.29, 1.82) is 0 Å². The maximum atomic E-state index is 12.2. The Morgan fingerprint density at radius 2 is 1.42 bits per heavy atom. The lowest BCUT2D eigenvalue weighted by Gasteiger charge is -2.13. The first-order chi connectivity index (χ1) is 16.1. The molecule has 8 heteroatoms. The van der Waals surface area contributed by atoms with Crippen molar-refractivity contribution in [2.75, 3.05) is 26.6 Å². The third-order valence-electron chi connectivity index (χ3n) is 4.81. The summed E-state index contributed by atoms with van der Waals surface area (Å²) >= 11 is 0. The van der Waals surface area contributed by atoms with Gasteiger partial charge in [-0.05, 0) is 48.5 Å². The molecule has 0 aliphatic heterocycles. The normalized spacial score (nSPS) is 10.4. The summed E-state index contributed by atoms with van der Waals surface area (Å²) in [7, 11) is 4.66. The van der Waals surface area contributed by atoms with Crippen molar-refractivity contribution in [3.05, 3.63) is 72.9 Å². The second-order valence-electron chi connectivity index (χ2n) is 6.83. The Morgan fingerprint density at radius 3 is 2.12 bits per heavy atom. The van der Waals surface area contributed by atoms with Gasteiger partial charge in [0.15, 0.2) is 23.0 Å². The molecule has 0 aliphatic rings. The molecule has 0 unspecified atom stereocenters. The minimum atomic E-state index is -0.630. The Kier molecular flexibility index (Phi) is 6.45. The summed E-state index contributed by atoms with van der Waals surface area (Å²) in [6, 6.07) is 19.2. The van der Waals surface area contributed by atoms with Crippen LogP contribution in [-0.4, -0.2) is 32.4 Å². The van der Waals surface area contributed by atoms with Gasteiger partial charge in [0.2, 0.25) is 0 Å². The molecule has 0 aliphatic carbocycles. The first-order valence-electron chi connectivity index (χ1n) is 10.0. The molecule has 4 aromatic rings. The fraction of sp³-hybridized carbons (Fsp3) is 0.120. The maximum Gasteiger partial charge on any atom is 0.417 e. The van der Waals surface area contributed by atoms with Gasteiger partial charge in [-0.1, -0.05) is 12.1 Å². The van der Waals surface area contributed by atoms with Gasteiger partial charge in [-0.15, -0.1) is 0 Å². The standard InChI is InChI=1S/C25H22N2O6/c1-29-21-6-4-5-7-22(21)33-25(28)27-16-8-10-17(11-9-16)32-20-12-13-26-19-15-24(31-3)23(30-2)14-18(19)20/h4-15H,1-3H3,(H,27,28).